The number of amides is 1. The van der Waals surface area contributed by atoms with Crippen LogP contribution in [0.3, 0.4) is 0 Å². The topological polar surface area (TPSA) is 68.0 Å². The van der Waals surface area contributed by atoms with Crippen LogP contribution in [0.25, 0.3) is 6.08 Å². The summed E-state index contributed by atoms with van der Waals surface area (Å²) in [5, 5.41) is 4.01. The van der Waals surface area contributed by atoms with Crippen LogP contribution in [-0.4, -0.2) is 53.8 Å². The summed E-state index contributed by atoms with van der Waals surface area (Å²) in [4.78, 5) is 16.7. The fourth-order valence-electron chi connectivity index (χ4n) is 3.37. The van der Waals surface area contributed by atoms with Crippen molar-refractivity contribution in [2.75, 3.05) is 33.0 Å². The van der Waals surface area contributed by atoms with Crippen molar-refractivity contribution in [3.05, 3.63) is 46.9 Å². The van der Waals surface area contributed by atoms with Crippen LogP contribution in [0.4, 0.5) is 0 Å². The maximum Gasteiger partial charge on any atom is 0.246 e. The average Bonchev–Trinajstić information content (AvgIpc) is 3.28. The number of hydrogen-bond acceptors (Lipinski definition) is 6. The molecule has 0 bridgehead atoms. The molecule has 150 valence electrons. The molecule has 0 radical (unpaired) electrons. The number of piperazine rings is 1. The maximum absolute atomic E-state index is 12.5. The third kappa shape index (κ3) is 4.31. The van der Waals surface area contributed by atoms with E-state index in [4.69, 9.17) is 14.0 Å². The van der Waals surface area contributed by atoms with Gasteiger partial charge in [-0.1, -0.05) is 11.2 Å². The van der Waals surface area contributed by atoms with Crippen molar-refractivity contribution in [1.29, 1.82) is 0 Å². The summed E-state index contributed by atoms with van der Waals surface area (Å²) in [6, 6.07) is 5.66. The molecule has 0 saturated carbocycles. The highest BCUT2D eigenvalue weighted by Crippen LogP contribution is 2.32. The molecule has 3 heterocycles. The summed E-state index contributed by atoms with van der Waals surface area (Å²) in [5.74, 6) is 2.37. The lowest BCUT2D eigenvalue weighted by atomic mass is 10.1. The summed E-state index contributed by atoms with van der Waals surface area (Å²) >= 11 is 0. The molecule has 2 aromatic rings. The average molecular weight is 406 g/mol. The molecule has 1 fully saturated rings. The first-order valence-electron chi connectivity index (χ1n) is 9.11. The van der Waals surface area contributed by atoms with E-state index in [2.05, 4.69) is 10.1 Å². The number of hydrogen-bond donors (Lipinski definition) is 0. The molecule has 0 spiro atoms. The predicted octanol–water partition coefficient (Wildman–Crippen LogP) is 2.80. The summed E-state index contributed by atoms with van der Waals surface area (Å²) < 4.78 is 15.9. The highest BCUT2D eigenvalue weighted by Gasteiger charge is 2.22. The largest absolute Gasteiger partial charge is 0.454 e. The number of benzene rings is 1. The molecular weight excluding hydrogens is 382 g/mol. The van der Waals surface area contributed by atoms with Crippen LogP contribution in [0.5, 0.6) is 11.5 Å². The second-order valence-electron chi connectivity index (χ2n) is 6.85. The number of fused-ring (bicyclic) bond motifs is 1. The van der Waals surface area contributed by atoms with Gasteiger partial charge in [0.15, 0.2) is 11.5 Å². The number of carbonyl (C=O) groups is 1. The Hall–Kier alpha value is -2.51. The Labute approximate surface area is 170 Å². The summed E-state index contributed by atoms with van der Waals surface area (Å²) in [5.41, 5.74) is 3.01. The van der Waals surface area contributed by atoms with E-state index >= 15 is 0 Å². The third-order valence-electron chi connectivity index (χ3n) is 5.06. The van der Waals surface area contributed by atoms with E-state index in [0.717, 1.165) is 53.7 Å². The number of rotatable bonds is 4. The van der Waals surface area contributed by atoms with Crippen LogP contribution >= 0.6 is 12.4 Å². The van der Waals surface area contributed by atoms with E-state index in [1.807, 2.05) is 43.0 Å². The summed E-state index contributed by atoms with van der Waals surface area (Å²) in [6.45, 7) is 8.08. The quantitative estimate of drug-likeness (QED) is 0.728. The number of aryl methyl sites for hydroxylation is 2. The van der Waals surface area contributed by atoms with Crippen molar-refractivity contribution in [3.63, 3.8) is 0 Å². The van der Waals surface area contributed by atoms with Gasteiger partial charge in [0.25, 0.3) is 0 Å². The van der Waals surface area contributed by atoms with E-state index in [1.54, 1.807) is 6.08 Å². The first-order valence-corrected chi connectivity index (χ1v) is 9.11. The van der Waals surface area contributed by atoms with Crippen LogP contribution in [0.15, 0.2) is 28.8 Å². The van der Waals surface area contributed by atoms with Crippen molar-refractivity contribution < 1.29 is 18.8 Å². The van der Waals surface area contributed by atoms with Gasteiger partial charge in [0.05, 0.1) is 5.69 Å². The van der Waals surface area contributed by atoms with Gasteiger partial charge < -0.3 is 18.9 Å². The number of ether oxygens (including phenoxy) is 2. The fraction of sp³-hybridized carbons (Fsp3) is 0.400. The standard InChI is InChI=1S/C20H23N3O4.ClH/c1-14-17(15(2)27-21-14)12-22-7-9-23(10-8-22)20(24)6-4-16-3-5-18-19(11-16)26-13-25-18;/h3-6,11H,7-10,12-13H2,1-2H3;1H/b6-4+;. The van der Waals surface area contributed by atoms with E-state index in [1.165, 1.54) is 0 Å². The monoisotopic (exact) mass is 405 g/mol. The molecule has 28 heavy (non-hydrogen) atoms. The summed E-state index contributed by atoms with van der Waals surface area (Å²) in [6.07, 6.45) is 3.45. The minimum absolute atomic E-state index is 0. The van der Waals surface area contributed by atoms with Crippen molar-refractivity contribution in [3.8, 4) is 11.5 Å². The third-order valence-corrected chi connectivity index (χ3v) is 5.06. The van der Waals surface area contributed by atoms with Gasteiger partial charge in [-0.3, -0.25) is 9.69 Å². The Morgan fingerprint density at radius 1 is 1.14 bits per heavy atom. The zero-order valence-electron chi connectivity index (χ0n) is 16.0. The first kappa shape index (κ1) is 20.2. The van der Waals surface area contributed by atoms with Gasteiger partial charge in [-0.25, -0.2) is 0 Å². The first-order chi connectivity index (χ1) is 13.1. The van der Waals surface area contributed by atoms with Gasteiger partial charge >= 0.3 is 0 Å². The zero-order chi connectivity index (χ0) is 18.8. The molecule has 7 nitrogen and oxygen atoms in total. The SMILES string of the molecule is Cc1noc(C)c1CN1CCN(C(=O)/C=C/c2ccc3c(c2)OCO3)CC1.Cl. The summed E-state index contributed by atoms with van der Waals surface area (Å²) in [7, 11) is 0. The molecule has 1 aromatic carbocycles. The Morgan fingerprint density at radius 2 is 1.89 bits per heavy atom. The molecule has 0 aliphatic carbocycles. The molecule has 0 atom stereocenters. The fourth-order valence-corrected chi connectivity index (χ4v) is 3.37. The highest BCUT2D eigenvalue weighted by molar-refractivity contribution is 5.92. The lowest BCUT2D eigenvalue weighted by molar-refractivity contribution is -0.127. The Balaban J connectivity index is 0.00000225. The van der Waals surface area contributed by atoms with Crippen molar-refractivity contribution in [1.82, 2.24) is 15.0 Å². The number of aromatic nitrogens is 1. The van der Waals surface area contributed by atoms with E-state index < -0.39 is 0 Å². The normalized spacial score (nSPS) is 16.4. The molecule has 1 saturated heterocycles. The second kappa shape index (κ2) is 8.67. The molecule has 2 aliphatic heterocycles. The Bertz CT molecular complexity index is 853. The maximum atomic E-state index is 12.5. The molecule has 2 aliphatic rings. The molecule has 8 heteroatoms. The second-order valence-corrected chi connectivity index (χ2v) is 6.85. The number of halogens is 1. The smallest absolute Gasteiger partial charge is 0.246 e. The van der Waals surface area contributed by atoms with Crippen LogP contribution < -0.4 is 9.47 Å². The molecule has 0 N–H and O–H groups in total. The molecule has 4 rings (SSSR count). The molecule has 1 amide bonds. The lowest BCUT2D eigenvalue weighted by Gasteiger charge is -2.34. The predicted molar refractivity (Wildman–Crippen MR) is 107 cm³/mol. The minimum Gasteiger partial charge on any atom is -0.454 e. The van der Waals surface area contributed by atoms with Crippen molar-refractivity contribution in [2.24, 2.45) is 0 Å². The highest BCUT2D eigenvalue weighted by atomic mass is 35.5. The Kier molecular flexibility index (Phi) is 6.26. The number of carbonyl (C=O) groups excluding carboxylic acids is 1. The van der Waals surface area contributed by atoms with Crippen LogP contribution in [0.2, 0.25) is 0 Å². The van der Waals surface area contributed by atoms with Crippen LogP contribution in [-0.2, 0) is 11.3 Å². The molecular formula is C20H24ClN3O4. The minimum atomic E-state index is 0. The van der Waals surface area contributed by atoms with Gasteiger partial charge in [-0.05, 0) is 37.6 Å². The Morgan fingerprint density at radius 3 is 2.61 bits per heavy atom. The van der Waals surface area contributed by atoms with Crippen LogP contribution in [0.1, 0.15) is 22.6 Å². The molecule has 1 aromatic heterocycles. The van der Waals surface area contributed by atoms with Crippen LogP contribution in [0, 0.1) is 13.8 Å². The zero-order valence-corrected chi connectivity index (χ0v) is 16.8. The van der Waals surface area contributed by atoms with Gasteiger partial charge in [-0.2, -0.15) is 0 Å². The van der Waals surface area contributed by atoms with Gasteiger partial charge in [0, 0.05) is 44.4 Å². The van der Waals surface area contributed by atoms with E-state index in [-0.39, 0.29) is 25.1 Å². The van der Waals surface area contributed by atoms with Crippen molar-refractivity contribution in [2.45, 2.75) is 20.4 Å². The number of nitrogens with zero attached hydrogens (tertiary/aromatic N) is 3. The van der Waals surface area contributed by atoms with E-state index in [9.17, 15) is 4.79 Å². The van der Waals surface area contributed by atoms with Gasteiger partial charge in [0.1, 0.15) is 5.76 Å². The van der Waals surface area contributed by atoms with E-state index in [0.29, 0.717) is 13.1 Å². The lowest BCUT2D eigenvalue weighted by Crippen LogP contribution is -2.47. The molecule has 0 unspecified atom stereocenters. The van der Waals surface area contributed by atoms with Gasteiger partial charge in [0.2, 0.25) is 12.7 Å². The van der Waals surface area contributed by atoms with Crippen molar-refractivity contribution >= 4 is 24.4 Å². The van der Waals surface area contributed by atoms with Gasteiger partial charge in [-0.15, -0.1) is 12.4 Å².